The predicted molar refractivity (Wildman–Crippen MR) is 69.2 cm³/mol. The molecule has 0 saturated carbocycles. The van der Waals surface area contributed by atoms with E-state index in [0.29, 0.717) is 15.5 Å². The van der Waals surface area contributed by atoms with E-state index < -0.39 is 9.84 Å². The van der Waals surface area contributed by atoms with Crippen molar-refractivity contribution in [1.29, 1.82) is 0 Å². The predicted octanol–water partition coefficient (Wildman–Crippen LogP) is 2.34. The monoisotopic (exact) mass is 273 g/mol. The van der Waals surface area contributed by atoms with Crippen molar-refractivity contribution in [2.24, 2.45) is 0 Å². The van der Waals surface area contributed by atoms with Crippen LogP contribution in [0.25, 0.3) is 0 Å². The van der Waals surface area contributed by atoms with Crippen LogP contribution in [0.5, 0.6) is 0 Å². The maximum Gasteiger partial charge on any atom is 0.175 e. The molecular weight excluding hydrogens is 258 g/mol. The molecule has 1 aromatic rings. The van der Waals surface area contributed by atoms with Crippen LogP contribution >= 0.6 is 11.6 Å². The lowest BCUT2D eigenvalue weighted by molar-refractivity contribution is 0.425. The van der Waals surface area contributed by atoms with Gasteiger partial charge in [0.2, 0.25) is 0 Å². The Bertz CT molecular complexity index is 533. The number of hydrogen-bond donors (Lipinski definition) is 1. The highest BCUT2D eigenvalue weighted by Gasteiger charge is 2.35. The first kappa shape index (κ1) is 12.9. The first-order valence-corrected chi connectivity index (χ1v) is 7.86. The molecule has 0 spiro atoms. The molecule has 1 N–H and O–H groups in total. The Labute approximate surface area is 107 Å². The number of nitrogens with one attached hydrogen (secondary N) is 1. The normalized spacial score (nSPS) is 25.1. The lowest BCUT2D eigenvalue weighted by Gasteiger charge is -2.28. The van der Waals surface area contributed by atoms with Crippen LogP contribution < -0.4 is 5.32 Å². The minimum Gasteiger partial charge on any atom is -0.308 e. The Morgan fingerprint density at radius 2 is 2.12 bits per heavy atom. The summed E-state index contributed by atoms with van der Waals surface area (Å²) in [6, 6.07) is 5.05. The van der Waals surface area contributed by atoms with Gasteiger partial charge in [-0.25, -0.2) is 8.42 Å². The molecule has 0 amide bonds. The largest absolute Gasteiger partial charge is 0.308 e. The molecule has 0 bridgehead atoms. The molecule has 0 radical (unpaired) electrons. The molecule has 94 valence electrons. The van der Waals surface area contributed by atoms with Gasteiger partial charge in [-0.05, 0) is 38.4 Å². The van der Waals surface area contributed by atoms with Gasteiger partial charge in [0.05, 0.1) is 4.90 Å². The maximum atomic E-state index is 11.8. The van der Waals surface area contributed by atoms with Crippen LogP contribution in [0.3, 0.4) is 0 Å². The van der Waals surface area contributed by atoms with Crippen molar-refractivity contribution < 1.29 is 8.42 Å². The summed E-state index contributed by atoms with van der Waals surface area (Å²) in [4.78, 5) is 0.335. The number of hydrogen-bond acceptors (Lipinski definition) is 3. The van der Waals surface area contributed by atoms with E-state index in [-0.39, 0.29) is 5.54 Å². The van der Waals surface area contributed by atoms with Gasteiger partial charge < -0.3 is 5.32 Å². The minimum atomic E-state index is -3.26. The van der Waals surface area contributed by atoms with E-state index in [1.165, 1.54) is 6.26 Å². The lowest BCUT2D eigenvalue weighted by Crippen LogP contribution is -2.35. The van der Waals surface area contributed by atoms with Crippen LogP contribution in [-0.2, 0) is 15.4 Å². The molecule has 0 aliphatic carbocycles. The van der Waals surface area contributed by atoms with Crippen LogP contribution in [0.4, 0.5) is 0 Å². The molecule has 1 fully saturated rings. The van der Waals surface area contributed by atoms with Crippen molar-refractivity contribution in [2.75, 3.05) is 12.8 Å². The summed E-state index contributed by atoms with van der Waals surface area (Å²) in [5.74, 6) is 0. The second-order valence-electron chi connectivity index (χ2n) is 4.75. The van der Waals surface area contributed by atoms with Gasteiger partial charge in [0, 0.05) is 22.4 Å². The Hall–Kier alpha value is -0.580. The lowest BCUT2D eigenvalue weighted by atomic mass is 9.90. The third-order valence-corrected chi connectivity index (χ3v) is 4.75. The molecule has 1 aromatic carbocycles. The summed E-state index contributed by atoms with van der Waals surface area (Å²) < 4.78 is 23.6. The zero-order valence-corrected chi connectivity index (χ0v) is 11.5. The van der Waals surface area contributed by atoms with Crippen LogP contribution in [0, 0.1) is 0 Å². The third-order valence-electron chi connectivity index (χ3n) is 3.30. The molecule has 1 aliphatic rings. The number of halogens is 1. The molecule has 1 atom stereocenters. The molecule has 5 heteroatoms. The maximum absolute atomic E-state index is 11.8. The van der Waals surface area contributed by atoms with Gasteiger partial charge >= 0.3 is 0 Å². The Balaban J connectivity index is 2.67. The van der Waals surface area contributed by atoms with E-state index in [4.69, 9.17) is 11.6 Å². The summed E-state index contributed by atoms with van der Waals surface area (Å²) in [5.41, 5.74) is 0.373. The van der Waals surface area contributed by atoms with Crippen LogP contribution in [0.1, 0.15) is 25.3 Å². The quantitative estimate of drug-likeness (QED) is 0.900. The van der Waals surface area contributed by atoms with Crippen LogP contribution in [0.15, 0.2) is 23.1 Å². The average Bonchev–Trinajstić information content (AvgIpc) is 2.64. The second kappa shape index (κ2) is 4.26. The van der Waals surface area contributed by atoms with Crippen molar-refractivity contribution in [2.45, 2.75) is 30.2 Å². The summed E-state index contributed by atoms with van der Waals surface area (Å²) in [6.07, 6.45) is 3.16. The highest BCUT2D eigenvalue weighted by Crippen LogP contribution is 2.38. The highest BCUT2D eigenvalue weighted by atomic mass is 35.5. The van der Waals surface area contributed by atoms with Crippen LogP contribution in [-0.4, -0.2) is 21.2 Å². The fourth-order valence-electron chi connectivity index (χ4n) is 2.46. The summed E-state index contributed by atoms with van der Waals surface area (Å²) in [6.45, 7) is 2.90. The van der Waals surface area contributed by atoms with Gasteiger partial charge in [-0.15, -0.1) is 0 Å². The number of sulfone groups is 1. The van der Waals surface area contributed by atoms with Crippen molar-refractivity contribution in [1.82, 2.24) is 5.32 Å². The van der Waals surface area contributed by atoms with Gasteiger partial charge in [0.1, 0.15) is 0 Å². The van der Waals surface area contributed by atoms with Gasteiger partial charge in [-0.1, -0.05) is 17.7 Å². The van der Waals surface area contributed by atoms with Gasteiger partial charge in [-0.2, -0.15) is 0 Å². The molecular formula is C12H16ClNO2S. The SMILES string of the molecule is CC1(c2c(Cl)cccc2S(C)(=O)=O)CCCN1. The van der Waals surface area contributed by atoms with E-state index in [0.717, 1.165) is 19.4 Å². The third kappa shape index (κ3) is 2.34. The summed E-state index contributed by atoms with van der Waals surface area (Å²) >= 11 is 6.20. The molecule has 1 aliphatic heterocycles. The van der Waals surface area contributed by atoms with E-state index in [2.05, 4.69) is 5.32 Å². The Morgan fingerprint density at radius 3 is 2.65 bits per heavy atom. The van der Waals surface area contributed by atoms with Crippen molar-refractivity contribution in [3.8, 4) is 0 Å². The van der Waals surface area contributed by atoms with E-state index in [1.54, 1.807) is 18.2 Å². The Kier molecular flexibility index (Phi) is 3.23. The summed E-state index contributed by atoms with van der Waals surface area (Å²) in [7, 11) is -3.26. The second-order valence-corrected chi connectivity index (χ2v) is 7.14. The van der Waals surface area contributed by atoms with Crippen molar-refractivity contribution >= 4 is 21.4 Å². The fraction of sp³-hybridized carbons (Fsp3) is 0.500. The van der Waals surface area contributed by atoms with E-state index in [9.17, 15) is 8.42 Å². The van der Waals surface area contributed by atoms with Crippen molar-refractivity contribution in [3.05, 3.63) is 28.8 Å². The highest BCUT2D eigenvalue weighted by molar-refractivity contribution is 7.90. The topological polar surface area (TPSA) is 46.2 Å². The number of benzene rings is 1. The molecule has 1 heterocycles. The smallest absolute Gasteiger partial charge is 0.175 e. The minimum absolute atomic E-state index is 0.335. The molecule has 1 unspecified atom stereocenters. The zero-order valence-electron chi connectivity index (χ0n) is 9.96. The molecule has 17 heavy (non-hydrogen) atoms. The average molecular weight is 274 g/mol. The van der Waals surface area contributed by atoms with Gasteiger partial charge in [-0.3, -0.25) is 0 Å². The summed E-state index contributed by atoms with van der Waals surface area (Å²) in [5, 5.41) is 3.87. The zero-order chi connectivity index (χ0) is 12.7. The van der Waals surface area contributed by atoms with E-state index in [1.807, 2.05) is 6.92 Å². The number of rotatable bonds is 2. The standard InChI is InChI=1S/C12H16ClNO2S/c1-12(7-4-8-14-12)11-9(13)5-3-6-10(11)17(2,15)16/h3,5-6,14H,4,7-8H2,1-2H3. The van der Waals surface area contributed by atoms with Gasteiger partial charge in [0.25, 0.3) is 0 Å². The van der Waals surface area contributed by atoms with E-state index >= 15 is 0 Å². The first-order chi connectivity index (χ1) is 7.84. The molecule has 3 nitrogen and oxygen atoms in total. The van der Waals surface area contributed by atoms with Crippen LogP contribution in [0.2, 0.25) is 5.02 Å². The molecule has 2 rings (SSSR count). The van der Waals surface area contributed by atoms with Gasteiger partial charge in [0.15, 0.2) is 9.84 Å². The first-order valence-electron chi connectivity index (χ1n) is 5.59. The fourth-order valence-corrected chi connectivity index (χ4v) is 3.93. The Morgan fingerprint density at radius 1 is 1.41 bits per heavy atom. The molecule has 0 aromatic heterocycles. The van der Waals surface area contributed by atoms with Crippen molar-refractivity contribution in [3.63, 3.8) is 0 Å². The molecule has 1 saturated heterocycles.